The fraction of sp³-hybridized carbons (Fsp3) is 0.167. The molecule has 0 atom stereocenters. The third kappa shape index (κ3) is 2.60. The topological polar surface area (TPSA) is 95.2 Å². The number of nitrogens with two attached hydrogens (primary N) is 1. The number of hydrogen-bond acceptors (Lipinski definition) is 4. The van der Waals surface area contributed by atoms with Gasteiger partial charge in [-0.1, -0.05) is 12.1 Å². The summed E-state index contributed by atoms with van der Waals surface area (Å²) < 4.78 is 0. The van der Waals surface area contributed by atoms with E-state index in [9.17, 15) is 9.90 Å². The molecule has 1 heterocycles. The highest BCUT2D eigenvalue weighted by molar-refractivity contribution is 5.92. The molecule has 0 unspecified atom stereocenters. The van der Waals surface area contributed by atoms with E-state index in [0.717, 1.165) is 5.56 Å². The number of benzene rings is 1. The fourth-order valence-corrected chi connectivity index (χ4v) is 1.60. The lowest BCUT2D eigenvalue weighted by Crippen LogP contribution is -2.26. The molecule has 0 aliphatic heterocycles. The molecule has 4 N–H and O–H groups in total. The Morgan fingerprint density at radius 2 is 2.11 bits per heavy atom. The summed E-state index contributed by atoms with van der Waals surface area (Å²) in [6.07, 6.45) is 0. The zero-order valence-electron chi connectivity index (χ0n) is 9.92. The second-order valence-electron chi connectivity index (χ2n) is 4.03. The lowest BCUT2D eigenvalue weighted by Gasteiger charge is -2.16. The highest BCUT2D eigenvalue weighted by Gasteiger charge is 2.14. The molecule has 18 heavy (non-hydrogen) atoms. The van der Waals surface area contributed by atoms with E-state index in [4.69, 9.17) is 5.73 Å². The third-order valence-corrected chi connectivity index (χ3v) is 2.53. The van der Waals surface area contributed by atoms with Gasteiger partial charge >= 0.3 is 0 Å². The maximum atomic E-state index is 12.0. The number of phenolic OH excluding ortho intramolecular Hbond substituents is 1. The van der Waals surface area contributed by atoms with E-state index >= 15 is 0 Å². The van der Waals surface area contributed by atoms with Crippen LogP contribution in [-0.4, -0.2) is 33.2 Å². The van der Waals surface area contributed by atoms with Crippen molar-refractivity contribution in [2.45, 2.75) is 6.54 Å². The fourth-order valence-electron chi connectivity index (χ4n) is 1.60. The van der Waals surface area contributed by atoms with Gasteiger partial charge in [-0.25, -0.2) is 0 Å². The third-order valence-electron chi connectivity index (χ3n) is 2.53. The van der Waals surface area contributed by atoms with Crippen molar-refractivity contribution < 1.29 is 9.90 Å². The van der Waals surface area contributed by atoms with Gasteiger partial charge in [-0.2, -0.15) is 5.10 Å². The summed E-state index contributed by atoms with van der Waals surface area (Å²) in [5.74, 6) is 0.303. The molecular formula is C12H14N4O2. The zero-order chi connectivity index (χ0) is 13.1. The van der Waals surface area contributed by atoms with E-state index in [1.54, 1.807) is 36.2 Å². The van der Waals surface area contributed by atoms with Crippen LogP contribution >= 0.6 is 0 Å². The minimum atomic E-state index is -0.188. The zero-order valence-corrected chi connectivity index (χ0v) is 9.92. The quantitative estimate of drug-likeness (QED) is 0.752. The summed E-state index contributed by atoms with van der Waals surface area (Å²) in [6, 6.07) is 8.19. The highest BCUT2D eigenvalue weighted by atomic mass is 16.3. The van der Waals surface area contributed by atoms with Crippen LogP contribution in [0.25, 0.3) is 0 Å². The molecule has 0 aliphatic carbocycles. The Labute approximate surface area is 104 Å². The van der Waals surface area contributed by atoms with Crippen LogP contribution < -0.4 is 5.73 Å². The van der Waals surface area contributed by atoms with Gasteiger partial charge in [0.05, 0.1) is 0 Å². The van der Waals surface area contributed by atoms with Gasteiger partial charge in [-0.15, -0.1) is 0 Å². The van der Waals surface area contributed by atoms with Gasteiger partial charge in [0.25, 0.3) is 5.91 Å². The Hall–Kier alpha value is -2.50. The Morgan fingerprint density at radius 1 is 1.44 bits per heavy atom. The number of aromatic hydroxyl groups is 1. The summed E-state index contributed by atoms with van der Waals surface area (Å²) in [4.78, 5) is 13.5. The summed E-state index contributed by atoms with van der Waals surface area (Å²) in [7, 11) is 1.69. The molecule has 0 aliphatic rings. The lowest BCUT2D eigenvalue weighted by molar-refractivity contribution is 0.0779. The molecule has 0 fully saturated rings. The second kappa shape index (κ2) is 4.79. The average Bonchev–Trinajstić information content (AvgIpc) is 2.78. The van der Waals surface area contributed by atoms with Gasteiger partial charge in [-0.3, -0.25) is 9.89 Å². The van der Waals surface area contributed by atoms with Crippen molar-refractivity contribution >= 4 is 11.7 Å². The number of aromatic nitrogens is 2. The van der Waals surface area contributed by atoms with Gasteiger partial charge in [0.15, 0.2) is 0 Å². The predicted octanol–water partition coefficient (Wildman–Crippen LogP) is 0.970. The molecule has 1 amide bonds. The molecule has 2 aromatic rings. The highest BCUT2D eigenvalue weighted by Crippen LogP contribution is 2.12. The van der Waals surface area contributed by atoms with Crippen LogP contribution in [0.3, 0.4) is 0 Å². The van der Waals surface area contributed by atoms with E-state index in [1.807, 2.05) is 0 Å². The van der Waals surface area contributed by atoms with Crippen LogP contribution in [0.4, 0.5) is 5.82 Å². The number of carbonyl (C=O) groups is 1. The van der Waals surface area contributed by atoms with Crippen molar-refractivity contribution in [3.63, 3.8) is 0 Å². The first-order valence-corrected chi connectivity index (χ1v) is 5.40. The molecule has 1 aromatic heterocycles. The van der Waals surface area contributed by atoms with Crippen LogP contribution in [-0.2, 0) is 6.54 Å². The Balaban J connectivity index is 2.05. The number of aromatic amines is 1. The second-order valence-corrected chi connectivity index (χ2v) is 4.03. The first-order valence-electron chi connectivity index (χ1n) is 5.40. The Kier molecular flexibility index (Phi) is 3.18. The van der Waals surface area contributed by atoms with E-state index in [-0.39, 0.29) is 17.5 Å². The number of nitrogen functional groups attached to an aromatic ring is 1. The van der Waals surface area contributed by atoms with Crippen molar-refractivity contribution in [2.75, 3.05) is 12.8 Å². The van der Waals surface area contributed by atoms with Gasteiger partial charge in [0.2, 0.25) is 0 Å². The standard InChI is InChI=1S/C12H14N4O2/c1-16(7-8-2-4-9(17)5-3-8)12(18)10-6-11(13)15-14-10/h2-6,17H,7H2,1H3,(H3,13,14,15). The van der Waals surface area contributed by atoms with Crippen molar-refractivity contribution in [2.24, 2.45) is 0 Å². The molecule has 1 aromatic carbocycles. The maximum Gasteiger partial charge on any atom is 0.271 e. The smallest absolute Gasteiger partial charge is 0.271 e. The molecule has 94 valence electrons. The van der Waals surface area contributed by atoms with Crippen LogP contribution in [0.15, 0.2) is 30.3 Å². The molecule has 0 spiro atoms. The molecule has 6 nitrogen and oxygen atoms in total. The van der Waals surface area contributed by atoms with Crippen molar-refractivity contribution in [1.29, 1.82) is 0 Å². The number of anilines is 1. The van der Waals surface area contributed by atoms with E-state index in [1.165, 1.54) is 6.07 Å². The SMILES string of the molecule is CN(Cc1ccc(O)cc1)C(=O)c1cc(N)n[nH]1. The van der Waals surface area contributed by atoms with Crippen molar-refractivity contribution in [3.8, 4) is 5.75 Å². The first-order chi connectivity index (χ1) is 8.56. The first kappa shape index (κ1) is 12.0. The normalized spacial score (nSPS) is 10.3. The minimum absolute atomic E-state index is 0.188. The van der Waals surface area contributed by atoms with Gasteiger partial charge < -0.3 is 15.7 Å². The number of H-pyrrole nitrogens is 1. The van der Waals surface area contributed by atoms with Gasteiger partial charge in [0, 0.05) is 19.7 Å². The monoisotopic (exact) mass is 246 g/mol. The molecule has 0 saturated heterocycles. The summed E-state index contributed by atoms with van der Waals surface area (Å²) in [5, 5.41) is 15.5. The molecule has 2 rings (SSSR count). The van der Waals surface area contributed by atoms with Crippen LogP contribution in [0, 0.1) is 0 Å². The summed E-state index contributed by atoms with van der Waals surface area (Å²) in [6.45, 7) is 0.442. The number of hydrogen-bond donors (Lipinski definition) is 3. The van der Waals surface area contributed by atoms with Gasteiger partial charge in [-0.05, 0) is 17.7 Å². The molecule has 0 saturated carbocycles. The molecule has 0 radical (unpaired) electrons. The van der Waals surface area contributed by atoms with Crippen LogP contribution in [0.1, 0.15) is 16.1 Å². The van der Waals surface area contributed by atoms with Crippen molar-refractivity contribution in [1.82, 2.24) is 15.1 Å². The van der Waals surface area contributed by atoms with E-state index in [2.05, 4.69) is 10.2 Å². The Morgan fingerprint density at radius 3 is 2.67 bits per heavy atom. The number of amides is 1. The van der Waals surface area contributed by atoms with Crippen LogP contribution in [0.5, 0.6) is 5.75 Å². The largest absolute Gasteiger partial charge is 0.508 e. The number of carbonyl (C=O) groups excluding carboxylic acids is 1. The Bertz CT molecular complexity index is 547. The number of nitrogens with zero attached hydrogens (tertiary/aromatic N) is 2. The summed E-state index contributed by atoms with van der Waals surface area (Å²) >= 11 is 0. The molecule has 0 bridgehead atoms. The molecule has 6 heteroatoms. The average molecular weight is 246 g/mol. The maximum absolute atomic E-state index is 12.0. The number of nitrogens with one attached hydrogen (secondary N) is 1. The summed E-state index contributed by atoms with van der Waals surface area (Å²) in [5.41, 5.74) is 6.73. The molecular weight excluding hydrogens is 232 g/mol. The van der Waals surface area contributed by atoms with Crippen LogP contribution in [0.2, 0.25) is 0 Å². The van der Waals surface area contributed by atoms with Crippen molar-refractivity contribution in [3.05, 3.63) is 41.6 Å². The predicted molar refractivity (Wildman–Crippen MR) is 66.9 cm³/mol. The van der Waals surface area contributed by atoms with E-state index in [0.29, 0.717) is 12.2 Å². The number of rotatable bonds is 3. The minimum Gasteiger partial charge on any atom is -0.508 e. The number of phenols is 1. The van der Waals surface area contributed by atoms with Gasteiger partial charge in [0.1, 0.15) is 17.3 Å². The lowest BCUT2D eigenvalue weighted by atomic mass is 10.2. The van der Waals surface area contributed by atoms with E-state index < -0.39 is 0 Å².